The number of aliphatic hydroxyl groups is 1. The molecule has 0 aliphatic carbocycles. The van der Waals surface area contributed by atoms with Crippen molar-refractivity contribution in [2.75, 3.05) is 7.11 Å². The zero-order chi connectivity index (χ0) is 12.9. The van der Waals surface area contributed by atoms with Gasteiger partial charge in [0.2, 0.25) is 0 Å². The molecule has 1 aromatic rings. The molecule has 0 aromatic heterocycles. The highest BCUT2D eigenvalue weighted by Gasteiger charge is 2.37. The standard InChI is InChI=1S/C12H11F3O2/c1-17-10-7-5-9(6-8-10)3-2-4-11(16)12(13,14)15/h5-8,11,16H,4H2,1H3. The molecule has 1 rings (SSSR count). The molecule has 0 bridgehead atoms. The summed E-state index contributed by atoms with van der Waals surface area (Å²) in [5.74, 6) is 5.46. The van der Waals surface area contributed by atoms with E-state index < -0.39 is 18.7 Å². The summed E-state index contributed by atoms with van der Waals surface area (Å²) in [5.41, 5.74) is 0.570. The third-order valence-electron chi connectivity index (χ3n) is 2.00. The second kappa shape index (κ2) is 5.60. The van der Waals surface area contributed by atoms with Gasteiger partial charge in [0.1, 0.15) is 5.75 Å². The average molecular weight is 244 g/mol. The van der Waals surface area contributed by atoms with Crippen LogP contribution >= 0.6 is 0 Å². The lowest BCUT2D eigenvalue weighted by Gasteiger charge is -2.10. The van der Waals surface area contributed by atoms with E-state index in [0.29, 0.717) is 11.3 Å². The first kappa shape index (κ1) is 13.4. The lowest BCUT2D eigenvalue weighted by molar-refractivity contribution is -0.201. The first-order valence-corrected chi connectivity index (χ1v) is 4.81. The van der Waals surface area contributed by atoms with Crippen LogP contribution in [0.4, 0.5) is 13.2 Å². The highest BCUT2D eigenvalue weighted by Crippen LogP contribution is 2.21. The van der Waals surface area contributed by atoms with Crippen LogP contribution in [0, 0.1) is 11.8 Å². The van der Waals surface area contributed by atoms with E-state index in [1.165, 1.54) is 7.11 Å². The normalized spacial score (nSPS) is 12.5. The van der Waals surface area contributed by atoms with Crippen molar-refractivity contribution in [3.05, 3.63) is 29.8 Å². The summed E-state index contributed by atoms with van der Waals surface area (Å²) in [6.45, 7) is 0. The van der Waals surface area contributed by atoms with E-state index in [1.54, 1.807) is 24.3 Å². The quantitative estimate of drug-likeness (QED) is 0.809. The minimum Gasteiger partial charge on any atom is -0.497 e. The second-order valence-corrected chi connectivity index (χ2v) is 3.29. The van der Waals surface area contributed by atoms with Gasteiger partial charge in [0.05, 0.1) is 7.11 Å². The molecule has 0 heterocycles. The molecule has 0 aliphatic heterocycles. The Morgan fingerprint density at radius 2 is 1.88 bits per heavy atom. The molecule has 0 spiro atoms. The number of alkyl halides is 3. The topological polar surface area (TPSA) is 29.5 Å². The third-order valence-corrected chi connectivity index (χ3v) is 2.00. The van der Waals surface area contributed by atoms with E-state index in [9.17, 15) is 13.2 Å². The number of aliphatic hydroxyl groups excluding tert-OH is 1. The molecular weight excluding hydrogens is 233 g/mol. The van der Waals surface area contributed by atoms with Crippen molar-refractivity contribution < 1.29 is 23.0 Å². The Labute approximate surface area is 97.0 Å². The fraction of sp³-hybridized carbons (Fsp3) is 0.333. The maximum absolute atomic E-state index is 11.9. The van der Waals surface area contributed by atoms with E-state index in [4.69, 9.17) is 9.84 Å². The van der Waals surface area contributed by atoms with Crippen LogP contribution in [0.15, 0.2) is 24.3 Å². The smallest absolute Gasteiger partial charge is 0.415 e. The maximum Gasteiger partial charge on any atom is 0.415 e. The molecule has 0 radical (unpaired) electrons. The predicted octanol–water partition coefficient (Wildman–Crippen LogP) is 2.36. The summed E-state index contributed by atoms with van der Waals surface area (Å²) in [7, 11) is 1.51. The Balaban J connectivity index is 2.60. The van der Waals surface area contributed by atoms with Gasteiger partial charge in [-0.15, -0.1) is 0 Å². The van der Waals surface area contributed by atoms with Gasteiger partial charge in [-0.1, -0.05) is 11.8 Å². The molecule has 1 atom stereocenters. The molecule has 0 amide bonds. The molecule has 0 saturated heterocycles. The molecular formula is C12H11F3O2. The molecule has 1 aromatic carbocycles. The van der Waals surface area contributed by atoms with E-state index in [1.807, 2.05) is 0 Å². The molecule has 0 aliphatic rings. The van der Waals surface area contributed by atoms with Gasteiger partial charge in [-0.3, -0.25) is 0 Å². The van der Waals surface area contributed by atoms with Crippen LogP contribution in [0.5, 0.6) is 5.75 Å². The van der Waals surface area contributed by atoms with Crippen molar-refractivity contribution in [1.29, 1.82) is 0 Å². The van der Waals surface area contributed by atoms with Crippen LogP contribution in [0.2, 0.25) is 0 Å². The van der Waals surface area contributed by atoms with Crippen molar-refractivity contribution in [3.63, 3.8) is 0 Å². The fourth-order valence-corrected chi connectivity index (χ4v) is 1.04. The van der Waals surface area contributed by atoms with Crippen LogP contribution < -0.4 is 4.74 Å². The minimum absolute atomic E-state index is 0.570. The molecule has 1 N–H and O–H groups in total. The summed E-state index contributed by atoms with van der Waals surface area (Å²) in [5, 5.41) is 8.70. The number of methoxy groups -OCH3 is 1. The Hall–Kier alpha value is -1.67. The molecule has 5 heteroatoms. The Morgan fingerprint density at radius 1 is 1.29 bits per heavy atom. The van der Waals surface area contributed by atoms with Crippen molar-refractivity contribution in [2.45, 2.75) is 18.7 Å². The first-order valence-electron chi connectivity index (χ1n) is 4.81. The average Bonchev–Trinajstić information content (AvgIpc) is 2.28. The monoisotopic (exact) mass is 244 g/mol. The molecule has 1 unspecified atom stereocenters. The molecule has 0 saturated carbocycles. The number of halogens is 3. The summed E-state index contributed by atoms with van der Waals surface area (Å²) < 4.78 is 40.7. The first-order chi connectivity index (χ1) is 7.93. The van der Waals surface area contributed by atoms with Crippen LogP contribution in [-0.2, 0) is 0 Å². The van der Waals surface area contributed by atoms with Crippen molar-refractivity contribution in [3.8, 4) is 17.6 Å². The zero-order valence-corrected chi connectivity index (χ0v) is 9.08. The van der Waals surface area contributed by atoms with Gasteiger partial charge in [0.15, 0.2) is 6.10 Å². The van der Waals surface area contributed by atoms with E-state index in [2.05, 4.69) is 11.8 Å². The zero-order valence-electron chi connectivity index (χ0n) is 9.08. The van der Waals surface area contributed by atoms with E-state index in [-0.39, 0.29) is 0 Å². The fourth-order valence-electron chi connectivity index (χ4n) is 1.04. The van der Waals surface area contributed by atoms with Gasteiger partial charge in [-0.05, 0) is 24.3 Å². The Bertz CT molecular complexity index is 412. The predicted molar refractivity (Wildman–Crippen MR) is 56.6 cm³/mol. The van der Waals surface area contributed by atoms with Gasteiger partial charge in [0.25, 0.3) is 0 Å². The number of benzene rings is 1. The number of ether oxygens (including phenoxy) is 1. The summed E-state index contributed by atoms with van der Waals surface area (Å²) in [6.07, 6.45) is -7.64. The Morgan fingerprint density at radius 3 is 2.35 bits per heavy atom. The summed E-state index contributed by atoms with van der Waals surface area (Å²) in [6, 6.07) is 6.58. The lowest BCUT2D eigenvalue weighted by atomic mass is 10.2. The van der Waals surface area contributed by atoms with Gasteiger partial charge >= 0.3 is 6.18 Å². The van der Waals surface area contributed by atoms with Crippen molar-refractivity contribution in [2.24, 2.45) is 0 Å². The van der Waals surface area contributed by atoms with Crippen molar-refractivity contribution in [1.82, 2.24) is 0 Å². The third kappa shape index (κ3) is 4.37. The van der Waals surface area contributed by atoms with Crippen LogP contribution in [0.25, 0.3) is 0 Å². The van der Waals surface area contributed by atoms with Crippen LogP contribution in [0.1, 0.15) is 12.0 Å². The Kier molecular flexibility index (Phi) is 4.41. The van der Waals surface area contributed by atoms with Gasteiger partial charge < -0.3 is 9.84 Å². The second-order valence-electron chi connectivity index (χ2n) is 3.29. The molecule has 92 valence electrons. The number of hydrogen-bond acceptors (Lipinski definition) is 2. The molecule has 2 nitrogen and oxygen atoms in total. The highest BCUT2D eigenvalue weighted by atomic mass is 19.4. The lowest BCUT2D eigenvalue weighted by Crippen LogP contribution is -2.27. The van der Waals surface area contributed by atoms with Crippen LogP contribution in [0.3, 0.4) is 0 Å². The van der Waals surface area contributed by atoms with Crippen LogP contribution in [-0.4, -0.2) is 24.5 Å². The van der Waals surface area contributed by atoms with E-state index in [0.717, 1.165) is 0 Å². The van der Waals surface area contributed by atoms with Crippen molar-refractivity contribution >= 4 is 0 Å². The minimum atomic E-state index is -4.62. The summed E-state index contributed by atoms with van der Waals surface area (Å²) in [4.78, 5) is 0. The number of hydrogen-bond donors (Lipinski definition) is 1. The van der Waals surface area contributed by atoms with Gasteiger partial charge in [-0.25, -0.2) is 0 Å². The maximum atomic E-state index is 11.9. The molecule has 0 fully saturated rings. The largest absolute Gasteiger partial charge is 0.497 e. The highest BCUT2D eigenvalue weighted by molar-refractivity contribution is 5.38. The van der Waals surface area contributed by atoms with Gasteiger partial charge in [0, 0.05) is 12.0 Å². The number of rotatable bonds is 2. The van der Waals surface area contributed by atoms with E-state index >= 15 is 0 Å². The SMILES string of the molecule is COc1ccc(C#CCC(O)C(F)(F)F)cc1. The summed E-state index contributed by atoms with van der Waals surface area (Å²) >= 11 is 0. The van der Waals surface area contributed by atoms with Gasteiger partial charge in [-0.2, -0.15) is 13.2 Å². The molecule has 17 heavy (non-hydrogen) atoms.